The van der Waals surface area contributed by atoms with Crippen molar-refractivity contribution in [1.29, 1.82) is 0 Å². The minimum absolute atomic E-state index is 0.478. The van der Waals surface area contributed by atoms with E-state index < -0.39 is 0 Å². The van der Waals surface area contributed by atoms with Crippen LogP contribution in [-0.2, 0) is 13.0 Å². The van der Waals surface area contributed by atoms with Crippen LogP contribution in [-0.4, -0.2) is 22.9 Å². The van der Waals surface area contributed by atoms with E-state index in [1.807, 2.05) is 18.7 Å². The Bertz CT molecular complexity index is 436. The molecule has 1 saturated carbocycles. The van der Waals surface area contributed by atoms with Crippen LogP contribution in [0.25, 0.3) is 0 Å². The van der Waals surface area contributed by atoms with E-state index in [0.29, 0.717) is 11.5 Å². The van der Waals surface area contributed by atoms with Crippen molar-refractivity contribution >= 4 is 11.6 Å². The number of rotatable bonds is 5. The van der Waals surface area contributed by atoms with E-state index in [0.717, 1.165) is 29.6 Å². The van der Waals surface area contributed by atoms with Crippen LogP contribution in [0.1, 0.15) is 38.6 Å². The van der Waals surface area contributed by atoms with Gasteiger partial charge in [0.2, 0.25) is 0 Å². The van der Waals surface area contributed by atoms with Crippen molar-refractivity contribution in [2.45, 2.75) is 53.1 Å². The zero-order valence-corrected chi connectivity index (χ0v) is 12.8. The monoisotopic (exact) mass is 269 g/mol. The molecule has 1 aromatic heterocycles. The van der Waals surface area contributed by atoms with E-state index in [-0.39, 0.29) is 0 Å². The third-order valence-corrected chi connectivity index (χ3v) is 4.80. The van der Waals surface area contributed by atoms with Gasteiger partial charge in [-0.25, -0.2) is 0 Å². The van der Waals surface area contributed by atoms with Gasteiger partial charge in [-0.05, 0) is 38.6 Å². The molecule has 0 bridgehead atoms. The second-order valence-electron chi connectivity index (χ2n) is 6.06. The van der Waals surface area contributed by atoms with Crippen molar-refractivity contribution in [2.75, 3.05) is 7.05 Å². The third kappa shape index (κ3) is 2.43. The summed E-state index contributed by atoms with van der Waals surface area (Å²) in [4.78, 5) is 0. The normalized spacial score (nSPS) is 23.1. The van der Waals surface area contributed by atoms with Crippen molar-refractivity contribution in [1.82, 2.24) is 15.1 Å². The smallest absolute Gasteiger partial charge is 0.0847 e. The van der Waals surface area contributed by atoms with E-state index in [9.17, 15) is 0 Å². The van der Waals surface area contributed by atoms with E-state index >= 15 is 0 Å². The first-order valence-electron chi connectivity index (χ1n) is 6.79. The highest BCUT2D eigenvalue weighted by Gasteiger charge is 2.49. The molecular weight excluding hydrogens is 246 g/mol. The lowest BCUT2D eigenvalue weighted by Crippen LogP contribution is -2.32. The molecule has 3 nitrogen and oxygen atoms in total. The second kappa shape index (κ2) is 4.86. The van der Waals surface area contributed by atoms with Crippen LogP contribution in [0, 0.1) is 18.3 Å². The average molecular weight is 270 g/mol. The highest BCUT2D eigenvalue weighted by molar-refractivity contribution is 6.31. The molecule has 1 N–H and O–H groups in total. The number of nitrogens with zero attached hydrogens (tertiary/aromatic N) is 2. The molecule has 0 spiro atoms. The number of nitrogens with one attached hydrogen (secondary N) is 1. The molecule has 1 aliphatic rings. The Balaban J connectivity index is 2.17. The van der Waals surface area contributed by atoms with Crippen molar-refractivity contribution in [3.63, 3.8) is 0 Å². The van der Waals surface area contributed by atoms with Gasteiger partial charge in [-0.3, -0.25) is 4.68 Å². The van der Waals surface area contributed by atoms with Gasteiger partial charge in [0.15, 0.2) is 0 Å². The fourth-order valence-corrected chi connectivity index (χ4v) is 3.13. The Hall–Kier alpha value is -0.540. The summed E-state index contributed by atoms with van der Waals surface area (Å²) in [5.41, 5.74) is 2.60. The van der Waals surface area contributed by atoms with Gasteiger partial charge in [0.1, 0.15) is 0 Å². The Kier molecular flexibility index (Phi) is 3.75. The van der Waals surface area contributed by atoms with Crippen molar-refractivity contribution < 1.29 is 0 Å². The first-order chi connectivity index (χ1) is 8.40. The minimum Gasteiger partial charge on any atom is -0.316 e. The summed E-state index contributed by atoms with van der Waals surface area (Å²) in [6.07, 6.45) is 2.27. The lowest BCUT2D eigenvalue weighted by molar-refractivity contribution is 0.415. The van der Waals surface area contributed by atoms with Gasteiger partial charge >= 0.3 is 0 Å². The highest BCUT2D eigenvalue weighted by Crippen LogP contribution is 2.54. The van der Waals surface area contributed by atoms with E-state index in [1.165, 1.54) is 12.1 Å². The summed E-state index contributed by atoms with van der Waals surface area (Å²) in [6, 6.07) is 0.499. The number of halogens is 1. The Morgan fingerprint density at radius 2 is 2.17 bits per heavy atom. The maximum absolute atomic E-state index is 6.38. The Morgan fingerprint density at radius 1 is 1.56 bits per heavy atom. The first kappa shape index (κ1) is 13.9. The van der Waals surface area contributed by atoms with Crippen LogP contribution < -0.4 is 5.32 Å². The molecule has 1 heterocycles. The van der Waals surface area contributed by atoms with Crippen molar-refractivity contribution in [2.24, 2.45) is 11.3 Å². The number of aryl methyl sites for hydroxylation is 2. The Morgan fingerprint density at radius 3 is 2.61 bits per heavy atom. The minimum atomic E-state index is 0.478. The van der Waals surface area contributed by atoms with Gasteiger partial charge in [0, 0.05) is 19.0 Å². The molecule has 0 aliphatic heterocycles. The molecule has 1 fully saturated rings. The molecule has 0 radical (unpaired) electrons. The molecule has 1 aromatic rings. The zero-order chi connectivity index (χ0) is 13.5. The molecule has 1 aliphatic carbocycles. The van der Waals surface area contributed by atoms with E-state index in [2.05, 4.69) is 31.2 Å². The van der Waals surface area contributed by atoms with Crippen molar-refractivity contribution in [3.8, 4) is 0 Å². The third-order valence-electron chi connectivity index (χ3n) is 4.31. The molecule has 2 rings (SSSR count). The summed E-state index contributed by atoms with van der Waals surface area (Å²) in [5, 5.41) is 8.79. The molecule has 0 saturated heterocycles. The number of hydrogen-bond acceptors (Lipinski definition) is 2. The van der Waals surface area contributed by atoms with Crippen LogP contribution in [0.5, 0.6) is 0 Å². The molecule has 2 unspecified atom stereocenters. The van der Waals surface area contributed by atoms with Gasteiger partial charge in [-0.1, -0.05) is 25.4 Å². The van der Waals surface area contributed by atoms with E-state index in [1.54, 1.807) is 0 Å². The summed E-state index contributed by atoms with van der Waals surface area (Å²) in [6.45, 7) is 9.65. The fourth-order valence-electron chi connectivity index (χ4n) is 2.91. The largest absolute Gasteiger partial charge is 0.316 e. The number of likely N-dealkylation sites (N-methyl/N-ethyl adjacent to an activating group) is 1. The molecular formula is C14H24ClN3. The predicted octanol–water partition coefficient (Wildman–Crippen LogP) is 3.04. The van der Waals surface area contributed by atoms with Crippen LogP contribution in [0.2, 0.25) is 5.02 Å². The second-order valence-corrected chi connectivity index (χ2v) is 6.44. The average Bonchev–Trinajstić information content (AvgIpc) is 2.86. The SMILES string of the molecule is CCn1nc(C)c(Cl)c1CC(NC)C1CC1(C)C. The molecule has 18 heavy (non-hydrogen) atoms. The van der Waals surface area contributed by atoms with Crippen molar-refractivity contribution in [3.05, 3.63) is 16.4 Å². The summed E-state index contributed by atoms with van der Waals surface area (Å²) < 4.78 is 2.04. The molecule has 0 aromatic carbocycles. The van der Waals surface area contributed by atoms with Gasteiger partial charge in [-0.2, -0.15) is 5.10 Å². The van der Waals surface area contributed by atoms with E-state index in [4.69, 9.17) is 11.6 Å². The molecule has 2 atom stereocenters. The lowest BCUT2D eigenvalue weighted by atomic mass is 10.00. The summed E-state index contributed by atoms with van der Waals surface area (Å²) in [5.74, 6) is 0.749. The summed E-state index contributed by atoms with van der Waals surface area (Å²) >= 11 is 6.38. The van der Waals surface area contributed by atoms with Crippen LogP contribution in [0.3, 0.4) is 0 Å². The fraction of sp³-hybridized carbons (Fsp3) is 0.786. The molecule has 0 amide bonds. The van der Waals surface area contributed by atoms with Gasteiger partial charge < -0.3 is 5.32 Å². The van der Waals surface area contributed by atoms with Crippen LogP contribution in [0.4, 0.5) is 0 Å². The first-order valence-corrected chi connectivity index (χ1v) is 7.17. The topological polar surface area (TPSA) is 29.9 Å². The standard InChI is InChI=1S/C14H24ClN3/c1-6-18-12(13(15)9(2)17-18)7-11(16-5)10-8-14(10,3)4/h10-11,16H,6-8H2,1-5H3. The predicted molar refractivity (Wildman–Crippen MR) is 76.1 cm³/mol. The van der Waals surface area contributed by atoms with Gasteiger partial charge in [0.25, 0.3) is 0 Å². The quantitative estimate of drug-likeness (QED) is 0.890. The molecule has 102 valence electrons. The van der Waals surface area contributed by atoms with Crippen LogP contribution in [0.15, 0.2) is 0 Å². The maximum Gasteiger partial charge on any atom is 0.0847 e. The lowest BCUT2D eigenvalue weighted by Gasteiger charge is -2.18. The highest BCUT2D eigenvalue weighted by atomic mass is 35.5. The molecule has 4 heteroatoms. The number of hydrogen-bond donors (Lipinski definition) is 1. The zero-order valence-electron chi connectivity index (χ0n) is 12.0. The maximum atomic E-state index is 6.38. The van der Waals surface area contributed by atoms with Gasteiger partial charge in [0.05, 0.1) is 16.4 Å². The van der Waals surface area contributed by atoms with Crippen LogP contribution >= 0.6 is 11.6 Å². The Labute approximate surface area is 115 Å². The summed E-state index contributed by atoms with van der Waals surface area (Å²) in [7, 11) is 2.05. The number of aromatic nitrogens is 2. The van der Waals surface area contributed by atoms with Gasteiger partial charge in [-0.15, -0.1) is 0 Å².